The molecule has 1 aromatic heterocycles. The largest absolute Gasteiger partial charge is 0.481 e. The molecule has 4 nitrogen and oxygen atoms in total. The summed E-state index contributed by atoms with van der Waals surface area (Å²) in [5, 5.41) is 9.25. The second-order valence-electron chi connectivity index (χ2n) is 7.16. The second kappa shape index (κ2) is 8.84. The standard InChI is InChI=1S/C21H27NO3/c23-20(24)14-18(13-7-10-16-8-3-1-4-9-16)21-22-15-19(25-21)17-11-5-2-6-12-17/h2,5-6,11-12,15-16,18H,1,3-4,7-10,13-14H2,(H,23,24)/t18-/m1/s1. The van der Waals surface area contributed by atoms with Gasteiger partial charge < -0.3 is 9.52 Å². The van der Waals surface area contributed by atoms with E-state index in [2.05, 4.69) is 4.98 Å². The third-order valence-electron chi connectivity index (χ3n) is 5.24. The van der Waals surface area contributed by atoms with E-state index in [4.69, 9.17) is 4.42 Å². The highest BCUT2D eigenvalue weighted by atomic mass is 16.4. The lowest BCUT2D eigenvalue weighted by atomic mass is 9.84. The number of hydrogen-bond acceptors (Lipinski definition) is 3. The van der Waals surface area contributed by atoms with Crippen molar-refractivity contribution < 1.29 is 14.3 Å². The van der Waals surface area contributed by atoms with Crippen molar-refractivity contribution in [1.82, 2.24) is 4.98 Å². The zero-order valence-electron chi connectivity index (χ0n) is 14.7. The van der Waals surface area contributed by atoms with Crippen LogP contribution in [-0.2, 0) is 4.79 Å². The third-order valence-corrected chi connectivity index (χ3v) is 5.24. The zero-order valence-corrected chi connectivity index (χ0v) is 14.7. The maximum Gasteiger partial charge on any atom is 0.304 e. The van der Waals surface area contributed by atoms with Crippen LogP contribution in [-0.4, -0.2) is 16.1 Å². The van der Waals surface area contributed by atoms with Gasteiger partial charge in [0.1, 0.15) is 0 Å². The molecule has 0 saturated heterocycles. The first-order chi connectivity index (χ1) is 12.2. The lowest BCUT2D eigenvalue weighted by Gasteiger charge is -2.22. The van der Waals surface area contributed by atoms with E-state index in [9.17, 15) is 9.90 Å². The van der Waals surface area contributed by atoms with Gasteiger partial charge in [-0.2, -0.15) is 0 Å². The number of benzene rings is 1. The van der Waals surface area contributed by atoms with Gasteiger partial charge in [0.15, 0.2) is 11.7 Å². The molecular weight excluding hydrogens is 314 g/mol. The van der Waals surface area contributed by atoms with Crippen LogP contribution in [0.4, 0.5) is 0 Å². The molecule has 1 heterocycles. The summed E-state index contributed by atoms with van der Waals surface area (Å²) in [7, 11) is 0. The number of carboxylic acids is 1. The maximum absolute atomic E-state index is 11.3. The van der Waals surface area contributed by atoms with Crippen LogP contribution in [0.5, 0.6) is 0 Å². The predicted octanol–water partition coefficient (Wildman–Crippen LogP) is 5.65. The number of nitrogens with zero attached hydrogens (tertiary/aromatic N) is 1. The van der Waals surface area contributed by atoms with Crippen LogP contribution in [0, 0.1) is 5.92 Å². The summed E-state index contributed by atoms with van der Waals surface area (Å²) in [6, 6.07) is 9.81. The fourth-order valence-electron chi connectivity index (χ4n) is 3.86. The van der Waals surface area contributed by atoms with E-state index >= 15 is 0 Å². The number of aliphatic carboxylic acids is 1. The summed E-state index contributed by atoms with van der Waals surface area (Å²) >= 11 is 0. The first kappa shape index (κ1) is 17.7. The minimum atomic E-state index is -0.790. The van der Waals surface area contributed by atoms with Crippen LogP contribution in [0.1, 0.15) is 69.6 Å². The summed E-state index contributed by atoms with van der Waals surface area (Å²) in [5.41, 5.74) is 0.970. The van der Waals surface area contributed by atoms with Gasteiger partial charge in [-0.3, -0.25) is 4.79 Å². The molecule has 2 aromatic rings. The minimum absolute atomic E-state index is 0.0827. The quantitative estimate of drug-likeness (QED) is 0.674. The van der Waals surface area contributed by atoms with Crippen molar-refractivity contribution in [2.24, 2.45) is 5.92 Å². The van der Waals surface area contributed by atoms with Gasteiger partial charge in [-0.25, -0.2) is 4.98 Å². The molecule has 0 radical (unpaired) electrons. The fourth-order valence-corrected chi connectivity index (χ4v) is 3.86. The van der Waals surface area contributed by atoms with Crippen molar-refractivity contribution in [3.05, 3.63) is 42.4 Å². The lowest BCUT2D eigenvalue weighted by Crippen LogP contribution is -2.09. The fraction of sp³-hybridized carbons (Fsp3) is 0.524. The maximum atomic E-state index is 11.3. The van der Waals surface area contributed by atoms with Gasteiger partial charge in [0.05, 0.1) is 12.6 Å². The average molecular weight is 341 g/mol. The Bertz CT molecular complexity index is 659. The van der Waals surface area contributed by atoms with Crippen LogP contribution >= 0.6 is 0 Å². The summed E-state index contributed by atoms with van der Waals surface area (Å²) in [6.45, 7) is 0. The first-order valence-corrected chi connectivity index (χ1v) is 9.45. The Morgan fingerprint density at radius 3 is 2.68 bits per heavy atom. The highest BCUT2D eigenvalue weighted by Gasteiger charge is 2.22. The molecule has 1 N–H and O–H groups in total. The minimum Gasteiger partial charge on any atom is -0.481 e. The van der Waals surface area contributed by atoms with E-state index in [1.54, 1.807) is 6.20 Å². The lowest BCUT2D eigenvalue weighted by molar-refractivity contribution is -0.137. The zero-order chi connectivity index (χ0) is 17.5. The van der Waals surface area contributed by atoms with Gasteiger partial charge >= 0.3 is 5.97 Å². The number of carboxylic acid groups (broad SMARTS) is 1. The van der Waals surface area contributed by atoms with Crippen LogP contribution in [0.25, 0.3) is 11.3 Å². The monoisotopic (exact) mass is 341 g/mol. The third kappa shape index (κ3) is 5.18. The molecular formula is C21H27NO3. The molecule has 3 rings (SSSR count). The molecule has 134 valence electrons. The van der Waals surface area contributed by atoms with Gasteiger partial charge in [-0.05, 0) is 12.3 Å². The summed E-state index contributed by atoms with van der Waals surface area (Å²) in [5.74, 6) is 1.16. The number of carbonyl (C=O) groups is 1. The smallest absolute Gasteiger partial charge is 0.304 e. The molecule has 0 aliphatic heterocycles. The van der Waals surface area contributed by atoms with Crippen LogP contribution < -0.4 is 0 Å². The van der Waals surface area contributed by atoms with Crippen LogP contribution in [0.3, 0.4) is 0 Å². The van der Waals surface area contributed by atoms with Gasteiger partial charge in [-0.1, -0.05) is 75.3 Å². The Hall–Kier alpha value is -2.10. The Morgan fingerprint density at radius 1 is 1.20 bits per heavy atom. The molecule has 1 saturated carbocycles. The number of aromatic nitrogens is 1. The Balaban J connectivity index is 1.62. The van der Waals surface area contributed by atoms with E-state index < -0.39 is 5.97 Å². The molecule has 0 unspecified atom stereocenters. The number of rotatable bonds is 8. The molecule has 25 heavy (non-hydrogen) atoms. The Morgan fingerprint density at radius 2 is 1.96 bits per heavy atom. The molecule has 0 bridgehead atoms. The number of oxazole rings is 1. The van der Waals surface area contributed by atoms with E-state index in [1.807, 2.05) is 30.3 Å². The Labute approximate surface area is 149 Å². The molecule has 1 atom stereocenters. The summed E-state index contributed by atoms with van der Waals surface area (Å²) < 4.78 is 5.90. The van der Waals surface area contributed by atoms with Crippen molar-refractivity contribution in [3.8, 4) is 11.3 Å². The highest BCUT2D eigenvalue weighted by Crippen LogP contribution is 2.32. The van der Waals surface area contributed by atoms with E-state index in [1.165, 1.54) is 38.5 Å². The van der Waals surface area contributed by atoms with Crippen molar-refractivity contribution in [2.45, 2.75) is 63.7 Å². The van der Waals surface area contributed by atoms with Crippen LogP contribution in [0.15, 0.2) is 40.9 Å². The average Bonchev–Trinajstić information content (AvgIpc) is 3.12. The molecule has 1 aliphatic rings. The Kier molecular flexibility index (Phi) is 6.26. The van der Waals surface area contributed by atoms with E-state index in [0.717, 1.165) is 24.3 Å². The molecule has 0 amide bonds. The van der Waals surface area contributed by atoms with Crippen LogP contribution in [0.2, 0.25) is 0 Å². The molecule has 4 heteroatoms. The molecule has 1 aliphatic carbocycles. The second-order valence-corrected chi connectivity index (χ2v) is 7.16. The topological polar surface area (TPSA) is 63.3 Å². The first-order valence-electron chi connectivity index (χ1n) is 9.45. The summed E-state index contributed by atoms with van der Waals surface area (Å²) in [6.07, 6.45) is 11.6. The van der Waals surface area contributed by atoms with Gasteiger partial charge in [0.2, 0.25) is 0 Å². The highest BCUT2D eigenvalue weighted by molar-refractivity contribution is 5.67. The summed E-state index contributed by atoms with van der Waals surface area (Å²) in [4.78, 5) is 15.6. The van der Waals surface area contributed by atoms with Gasteiger partial charge in [0, 0.05) is 11.5 Å². The van der Waals surface area contributed by atoms with Gasteiger partial charge in [-0.15, -0.1) is 0 Å². The normalized spacial score (nSPS) is 16.6. The molecule has 1 fully saturated rings. The predicted molar refractivity (Wildman–Crippen MR) is 97.4 cm³/mol. The van der Waals surface area contributed by atoms with Gasteiger partial charge in [0.25, 0.3) is 0 Å². The van der Waals surface area contributed by atoms with Crippen molar-refractivity contribution in [1.29, 1.82) is 0 Å². The number of hydrogen-bond donors (Lipinski definition) is 1. The molecule has 0 spiro atoms. The van der Waals surface area contributed by atoms with Crippen molar-refractivity contribution >= 4 is 5.97 Å². The molecule has 1 aromatic carbocycles. The van der Waals surface area contributed by atoms with Crippen molar-refractivity contribution in [3.63, 3.8) is 0 Å². The van der Waals surface area contributed by atoms with E-state index in [0.29, 0.717) is 11.7 Å². The van der Waals surface area contributed by atoms with Crippen molar-refractivity contribution in [2.75, 3.05) is 0 Å². The SMILES string of the molecule is O=C(O)C[C@@H](CCCC1CCCCC1)c1ncc(-c2ccccc2)o1. The van der Waals surface area contributed by atoms with E-state index in [-0.39, 0.29) is 12.3 Å².